The molecule has 2 N–H and O–H groups in total. The van der Waals surface area contributed by atoms with Crippen LogP contribution in [0.15, 0.2) is 23.1 Å². The molecule has 1 rings (SSSR count). The van der Waals surface area contributed by atoms with Crippen molar-refractivity contribution >= 4 is 27.3 Å². The molecule has 0 saturated heterocycles. The highest BCUT2D eigenvalue weighted by molar-refractivity contribution is 7.89. The molecule has 0 aromatic heterocycles. The molecule has 0 atom stereocenters. The monoisotopic (exact) mass is 321 g/mol. The van der Waals surface area contributed by atoms with Gasteiger partial charge in [-0.15, -0.1) is 0 Å². The third kappa shape index (κ3) is 4.71. The van der Waals surface area contributed by atoms with Gasteiger partial charge >= 0.3 is 0 Å². The summed E-state index contributed by atoms with van der Waals surface area (Å²) in [6.45, 7) is 3.36. The van der Waals surface area contributed by atoms with Gasteiger partial charge in [0.1, 0.15) is 0 Å². The zero-order valence-electron chi connectivity index (χ0n) is 10.9. The van der Waals surface area contributed by atoms with Gasteiger partial charge in [0.15, 0.2) is 4.90 Å². The van der Waals surface area contributed by atoms with Gasteiger partial charge in [0.05, 0.1) is 4.92 Å². The van der Waals surface area contributed by atoms with Gasteiger partial charge in [-0.1, -0.05) is 18.5 Å². The average molecular weight is 322 g/mol. The first kappa shape index (κ1) is 16.8. The van der Waals surface area contributed by atoms with Crippen LogP contribution in [0.2, 0.25) is 5.02 Å². The SMILES string of the molecule is CCCNCCNS(=O)(=O)c1cc(Cl)ccc1[N+](=O)[O-]. The zero-order valence-corrected chi connectivity index (χ0v) is 12.5. The topological polar surface area (TPSA) is 101 Å². The maximum atomic E-state index is 12.0. The van der Waals surface area contributed by atoms with E-state index in [0.29, 0.717) is 6.54 Å². The fraction of sp³-hybridized carbons (Fsp3) is 0.455. The third-order valence-corrected chi connectivity index (χ3v) is 4.15. The Morgan fingerprint density at radius 1 is 1.30 bits per heavy atom. The summed E-state index contributed by atoms with van der Waals surface area (Å²) in [5.41, 5.74) is -0.497. The number of nitrogens with one attached hydrogen (secondary N) is 2. The number of hydrogen-bond donors (Lipinski definition) is 2. The van der Waals surface area contributed by atoms with Gasteiger partial charge in [-0.2, -0.15) is 0 Å². The molecule has 20 heavy (non-hydrogen) atoms. The van der Waals surface area contributed by atoms with E-state index in [1.54, 1.807) is 0 Å². The van der Waals surface area contributed by atoms with Gasteiger partial charge in [0.25, 0.3) is 5.69 Å². The van der Waals surface area contributed by atoms with Crippen LogP contribution in [0, 0.1) is 10.1 Å². The van der Waals surface area contributed by atoms with E-state index in [2.05, 4.69) is 10.0 Å². The molecule has 0 unspecified atom stereocenters. The summed E-state index contributed by atoms with van der Waals surface area (Å²) in [6.07, 6.45) is 0.937. The predicted molar refractivity (Wildman–Crippen MR) is 76.5 cm³/mol. The molecule has 0 bridgehead atoms. The van der Waals surface area contributed by atoms with Crippen LogP contribution in [0.3, 0.4) is 0 Å². The predicted octanol–water partition coefficient (Wildman–Crippen LogP) is 1.53. The van der Waals surface area contributed by atoms with Gasteiger partial charge in [-0.05, 0) is 25.1 Å². The summed E-state index contributed by atoms with van der Waals surface area (Å²) in [5.74, 6) is 0. The van der Waals surface area contributed by atoms with Crippen molar-refractivity contribution < 1.29 is 13.3 Å². The van der Waals surface area contributed by atoms with Crippen molar-refractivity contribution in [3.05, 3.63) is 33.3 Å². The third-order valence-electron chi connectivity index (χ3n) is 2.43. The minimum absolute atomic E-state index is 0.125. The smallest absolute Gasteiger partial charge is 0.289 e. The summed E-state index contributed by atoms with van der Waals surface area (Å²) in [4.78, 5) is 9.68. The summed E-state index contributed by atoms with van der Waals surface area (Å²) in [6, 6.07) is 3.43. The van der Waals surface area contributed by atoms with E-state index < -0.39 is 25.5 Å². The maximum absolute atomic E-state index is 12.0. The van der Waals surface area contributed by atoms with Crippen LogP contribution in [0.1, 0.15) is 13.3 Å². The number of sulfonamides is 1. The first-order valence-corrected chi connectivity index (χ1v) is 7.89. The van der Waals surface area contributed by atoms with Gasteiger partial charge < -0.3 is 5.32 Å². The van der Waals surface area contributed by atoms with Crippen molar-refractivity contribution in [2.75, 3.05) is 19.6 Å². The van der Waals surface area contributed by atoms with Crippen molar-refractivity contribution in [3.8, 4) is 0 Å². The van der Waals surface area contributed by atoms with Crippen molar-refractivity contribution in [1.29, 1.82) is 0 Å². The Morgan fingerprint density at radius 3 is 2.60 bits per heavy atom. The molecule has 1 aromatic rings. The number of hydrogen-bond acceptors (Lipinski definition) is 5. The molecule has 9 heteroatoms. The standard InChI is InChI=1S/C11H16ClN3O4S/c1-2-5-13-6-7-14-20(18,19)11-8-9(12)3-4-10(11)15(16)17/h3-4,8,13-14H,2,5-7H2,1H3. The Kier molecular flexibility index (Phi) is 6.34. The highest BCUT2D eigenvalue weighted by Crippen LogP contribution is 2.26. The van der Waals surface area contributed by atoms with Gasteiger partial charge in [0, 0.05) is 24.2 Å². The molecule has 112 valence electrons. The lowest BCUT2D eigenvalue weighted by Crippen LogP contribution is -2.32. The number of halogens is 1. The minimum Gasteiger partial charge on any atom is -0.315 e. The second-order valence-electron chi connectivity index (χ2n) is 4.02. The Hall–Kier alpha value is -1.22. The Balaban J connectivity index is 2.86. The van der Waals surface area contributed by atoms with E-state index in [1.807, 2.05) is 6.92 Å². The van der Waals surface area contributed by atoms with E-state index in [9.17, 15) is 18.5 Å². The van der Waals surface area contributed by atoms with E-state index in [4.69, 9.17) is 11.6 Å². The second kappa shape index (κ2) is 7.53. The fourth-order valence-corrected chi connectivity index (χ4v) is 2.97. The number of nitrogens with zero attached hydrogens (tertiary/aromatic N) is 1. The number of nitro groups is 1. The first-order valence-electron chi connectivity index (χ1n) is 6.03. The quantitative estimate of drug-likeness (QED) is 0.429. The largest absolute Gasteiger partial charge is 0.315 e. The van der Waals surface area contributed by atoms with Crippen LogP contribution < -0.4 is 10.0 Å². The van der Waals surface area contributed by atoms with Crippen LogP contribution in [0.5, 0.6) is 0 Å². The fourth-order valence-electron chi connectivity index (χ4n) is 1.51. The van der Waals surface area contributed by atoms with Crippen molar-refractivity contribution in [3.63, 3.8) is 0 Å². The highest BCUT2D eigenvalue weighted by Gasteiger charge is 2.25. The highest BCUT2D eigenvalue weighted by atomic mass is 35.5. The van der Waals surface area contributed by atoms with Gasteiger partial charge in [-0.25, -0.2) is 13.1 Å². The minimum atomic E-state index is -3.96. The van der Waals surface area contributed by atoms with E-state index in [0.717, 1.165) is 25.1 Å². The molecule has 0 amide bonds. The van der Waals surface area contributed by atoms with E-state index in [1.165, 1.54) is 6.07 Å². The molecule has 0 aliphatic carbocycles. The van der Waals surface area contributed by atoms with E-state index >= 15 is 0 Å². The van der Waals surface area contributed by atoms with Crippen LogP contribution >= 0.6 is 11.6 Å². The molecule has 0 aliphatic rings. The van der Waals surface area contributed by atoms with Gasteiger partial charge in [-0.3, -0.25) is 10.1 Å². The lowest BCUT2D eigenvalue weighted by atomic mass is 10.3. The molecular weight excluding hydrogens is 306 g/mol. The summed E-state index contributed by atoms with van der Waals surface area (Å²) in [7, 11) is -3.96. The number of nitro benzene ring substituents is 1. The van der Waals surface area contributed by atoms with Crippen molar-refractivity contribution in [1.82, 2.24) is 10.0 Å². The van der Waals surface area contributed by atoms with Gasteiger partial charge in [0.2, 0.25) is 10.0 Å². The van der Waals surface area contributed by atoms with Crippen LogP contribution in [-0.2, 0) is 10.0 Å². The zero-order chi connectivity index (χ0) is 15.2. The molecule has 0 radical (unpaired) electrons. The van der Waals surface area contributed by atoms with Crippen LogP contribution in [0.25, 0.3) is 0 Å². The molecule has 0 spiro atoms. The molecule has 1 aromatic carbocycles. The molecule has 0 aliphatic heterocycles. The first-order chi connectivity index (χ1) is 9.38. The second-order valence-corrected chi connectivity index (χ2v) is 6.19. The normalized spacial score (nSPS) is 11.5. The molecule has 7 nitrogen and oxygen atoms in total. The van der Waals surface area contributed by atoms with Crippen LogP contribution in [0.4, 0.5) is 5.69 Å². The molecule has 0 saturated carbocycles. The summed E-state index contributed by atoms with van der Waals surface area (Å²) < 4.78 is 26.4. The number of rotatable bonds is 8. The summed E-state index contributed by atoms with van der Waals surface area (Å²) >= 11 is 5.70. The van der Waals surface area contributed by atoms with Crippen molar-refractivity contribution in [2.24, 2.45) is 0 Å². The lowest BCUT2D eigenvalue weighted by molar-refractivity contribution is -0.387. The maximum Gasteiger partial charge on any atom is 0.289 e. The van der Waals surface area contributed by atoms with Crippen LogP contribution in [-0.4, -0.2) is 33.0 Å². The lowest BCUT2D eigenvalue weighted by Gasteiger charge is -2.08. The van der Waals surface area contributed by atoms with E-state index in [-0.39, 0.29) is 11.6 Å². The molecule has 0 fully saturated rings. The molecular formula is C11H16ClN3O4S. The molecule has 0 heterocycles. The Bertz CT molecular complexity index is 577. The average Bonchev–Trinajstić information content (AvgIpc) is 2.38. The Morgan fingerprint density at radius 2 is 2.00 bits per heavy atom. The Labute approximate surface area is 122 Å². The van der Waals surface area contributed by atoms with Crippen molar-refractivity contribution in [2.45, 2.75) is 18.2 Å². The number of benzene rings is 1. The summed E-state index contributed by atoms with van der Waals surface area (Å²) in [5, 5.41) is 14.0.